The van der Waals surface area contributed by atoms with Crippen LogP contribution in [-0.4, -0.2) is 26.8 Å². The van der Waals surface area contributed by atoms with Crippen molar-refractivity contribution < 1.29 is 5.11 Å². The van der Waals surface area contributed by atoms with Crippen LogP contribution in [-0.2, 0) is 13.1 Å². The maximum Gasteiger partial charge on any atom is 0.123 e. The molecule has 20 heavy (non-hydrogen) atoms. The summed E-state index contributed by atoms with van der Waals surface area (Å²) in [5, 5.41) is 13.5. The zero-order chi connectivity index (χ0) is 13.9. The third kappa shape index (κ3) is 2.58. The highest BCUT2D eigenvalue weighted by atomic mass is 16.3. The van der Waals surface area contributed by atoms with Gasteiger partial charge in [0.2, 0.25) is 0 Å². The summed E-state index contributed by atoms with van der Waals surface area (Å²) in [4.78, 5) is 4.71. The number of nitrogens with zero attached hydrogens (tertiary/aromatic N) is 2. The molecule has 1 aromatic carbocycles. The number of aryl methyl sites for hydroxylation is 1. The number of aromatic nitrogens is 2. The molecule has 108 valence electrons. The molecule has 0 amide bonds. The zero-order valence-electron chi connectivity index (χ0n) is 12.0. The minimum absolute atomic E-state index is 0.205. The minimum Gasteiger partial charge on any atom is -0.392 e. The van der Waals surface area contributed by atoms with E-state index in [-0.39, 0.29) is 12.1 Å². The second-order valence-electron chi connectivity index (χ2n) is 5.60. The maximum absolute atomic E-state index is 10.0. The number of hydrogen-bond donors (Lipinski definition) is 2. The molecular formula is C16H23N3O. The number of benzene rings is 1. The second kappa shape index (κ2) is 5.94. The highest BCUT2D eigenvalue weighted by Crippen LogP contribution is 2.20. The Kier molecular flexibility index (Phi) is 4.03. The van der Waals surface area contributed by atoms with Gasteiger partial charge in [0.15, 0.2) is 0 Å². The molecule has 2 atom stereocenters. The van der Waals surface area contributed by atoms with Crippen LogP contribution in [0.15, 0.2) is 24.3 Å². The molecule has 1 saturated carbocycles. The predicted octanol–water partition coefficient (Wildman–Crippen LogP) is 2.45. The summed E-state index contributed by atoms with van der Waals surface area (Å²) < 4.78 is 2.25. The maximum atomic E-state index is 10.0. The van der Waals surface area contributed by atoms with Gasteiger partial charge in [-0.1, -0.05) is 25.0 Å². The van der Waals surface area contributed by atoms with Gasteiger partial charge in [-0.15, -0.1) is 0 Å². The molecule has 2 aromatic rings. The Labute approximate surface area is 119 Å². The standard InChI is InChI=1S/C16H23N3O/c1-2-19-14-9-5-3-7-12(14)18-16(19)11-17-13-8-4-6-10-15(13)20/h3,5,7,9,13,15,17,20H,2,4,6,8,10-11H2,1H3. The summed E-state index contributed by atoms with van der Waals surface area (Å²) in [6.45, 7) is 3.79. The number of rotatable bonds is 4. The van der Waals surface area contributed by atoms with E-state index in [0.717, 1.165) is 43.7 Å². The van der Waals surface area contributed by atoms with E-state index in [4.69, 9.17) is 4.98 Å². The first-order chi connectivity index (χ1) is 9.79. The van der Waals surface area contributed by atoms with Crippen LogP contribution in [0.25, 0.3) is 11.0 Å². The molecule has 1 aromatic heterocycles. The Morgan fingerprint density at radius 1 is 1.30 bits per heavy atom. The molecule has 1 fully saturated rings. The van der Waals surface area contributed by atoms with E-state index in [1.165, 1.54) is 11.9 Å². The SMILES string of the molecule is CCn1c(CNC2CCCCC2O)nc2ccccc21. The first-order valence-corrected chi connectivity index (χ1v) is 7.65. The molecule has 0 saturated heterocycles. The van der Waals surface area contributed by atoms with Crippen molar-refractivity contribution >= 4 is 11.0 Å². The van der Waals surface area contributed by atoms with Crippen molar-refractivity contribution in [3.05, 3.63) is 30.1 Å². The normalized spacial score (nSPS) is 23.3. The number of aliphatic hydroxyl groups is 1. The molecule has 4 heteroatoms. The number of aliphatic hydroxyl groups excluding tert-OH is 1. The average Bonchev–Trinajstić information content (AvgIpc) is 2.84. The first kappa shape index (κ1) is 13.6. The molecule has 1 heterocycles. The van der Waals surface area contributed by atoms with Gasteiger partial charge in [-0.2, -0.15) is 0 Å². The van der Waals surface area contributed by atoms with Crippen molar-refractivity contribution in [2.75, 3.05) is 0 Å². The van der Waals surface area contributed by atoms with Gasteiger partial charge in [0.25, 0.3) is 0 Å². The third-order valence-corrected chi connectivity index (χ3v) is 4.30. The highest BCUT2D eigenvalue weighted by molar-refractivity contribution is 5.75. The molecule has 1 aliphatic carbocycles. The lowest BCUT2D eigenvalue weighted by Gasteiger charge is -2.28. The molecule has 4 nitrogen and oxygen atoms in total. The van der Waals surface area contributed by atoms with E-state index in [1.807, 2.05) is 6.07 Å². The largest absolute Gasteiger partial charge is 0.392 e. The summed E-state index contributed by atoms with van der Waals surface area (Å²) in [5.74, 6) is 1.06. The average molecular weight is 273 g/mol. The molecule has 0 spiro atoms. The number of nitrogens with one attached hydrogen (secondary N) is 1. The van der Waals surface area contributed by atoms with E-state index in [0.29, 0.717) is 0 Å². The zero-order valence-corrected chi connectivity index (χ0v) is 12.0. The fourth-order valence-corrected chi connectivity index (χ4v) is 3.18. The first-order valence-electron chi connectivity index (χ1n) is 7.65. The van der Waals surface area contributed by atoms with Crippen LogP contribution < -0.4 is 5.32 Å². The van der Waals surface area contributed by atoms with E-state index >= 15 is 0 Å². The van der Waals surface area contributed by atoms with Gasteiger partial charge in [-0.05, 0) is 31.9 Å². The summed E-state index contributed by atoms with van der Waals surface area (Å²) >= 11 is 0. The van der Waals surface area contributed by atoms with Crippen molar-refractivity contribution in [1.82, 2.24) is 14.9 Å². The van der Waals surface area contributed by atoms with Gasteiger partial charge in [0.1, 0.15) is 5.82 Å². The van der Waals surface area contributed by atoms with Gasteiger partial charge >= 0.3 is 0 Å². The van der Waals surface area contributed by atoms with Gasteiger partial charge in [0.05, 0.1) is 23.7 Å². The Hall–Kier alpha value is -1.39. The number of imidazole rings is 1. The van der Waals surface area contributed by atoms with Gasteiger partial charge in [-0.3, -0.25) is 0 Å². The van der Waals surface area contributed by atoms with Crippen LogP contribution in [0.1, 0.15) is 38.4 Å². The molecule has 0 bridgehead atoms. The Morgan fingerprint density at radius 3 is 2.90 bits per heavy atom. The third-order valence-electron chi connectivity index (χ3n) is 4.30. The van der Waals surface area contributed by atoms with Crippen LogP contribution >= 0.6 is 0 Å². The topological polar surface area (TPSA) is 50.1 Å². The molecule has 2 N–H and O–H groups in total. The fourth-order valence-electron chi connectivity index (χ4n) is 3.18. The number of para-hydroxylation sites is 2. The lowest BCUT2D eigenvalue weighted by molar-refractivity contribution is 0.0898. The van der Waals surface area contributed by atoms with Gasteiger partial charge in [0, 0.05) is 12.6 Å². The molecular weight excluding hydrogens is 250 g/mol. The second-order valence-corrected chi connectivity index (χ2v) is 5.60. The lowest BCUT2D eigenvalue weighted by Crippen LogP contribution is -2.42. The van der Waals surface area contributed by atoms with Gasteiger partial charge < -0.3 is 15.0 Å². The van der Waals surface area contributed by atoms with E-state index in [9.17, 15) is 5.11 Å². The van der Waals surface area contributed by atoms with Crippen molar-refractivity contribution in [3.63, 3.8) is 0 Å². The molecule has 0 aliphatic heterocycles. The van der Waals surface area contributed by atoms with Crippen molar-refractivity contribution in [1.29, 1.82) is 0 Å². The lowest BCUT2D eigenvalue weighted by atomic mass is 9.93. The molecule has 3 rings (SSSR count). The van der Waals surface area contributed by atoms with E-state index in [2.05, 4.69) is 35.0 Å². The summed E-state index contributed by atoms with van der Waals surface area (Å²) in [6.07, 6.45) is 4.13. The predicted molar refractivity (Wildman–Crippen MR) is 80.5 cm³/mol. The highest BCUT2D eigenvalue weighted by Gasteiger charge is 2.22. The van der Waals surface area contributed by atoms with Gasteiger partial charge in [-0.25, -0.2) is 4.98 Å². The van der Waals surface area contributed by atoms with Crippen LogP contribution in [0.2, 0.25) is 0 Å². The van der Waals surface area contributed by atoms with E-state index < -0.39 is 0 Å². The van der Waals surface area contributed by atoms with Crippen LogP contribution in [0.4, 0.5) is 0 Å². The molecule has 0 radical (unpaired) electrons. The van der Waals surface area contributed by atoms with Crippen molar-refractivity contribution in [2.24, 2.45) is 0 Å². The Bertz CT molecular complexity index is 578. The van der Waals surface area contributed by atoms with Crippen molar-refractivity contribution in [2.45, 2.75) is 57.8 Å². The monoisotopic (exact) mass is 273 g/mol. The Balaban J connectivity index is 1.76. The van der Waals surface area contributed by atoms with Crippen LogP contribution in [0.3, 0.4) is 0 Å². The molecule has 2 unspecified atom stereocenters. The minimum atomic E-state index is -0.205. The van der Waals surface area contributed by atoms with Crippen LogP contribution in [0.5, 0.6) is 0 Å². The summed E-state index contributed by atoms with van der Waals surface area (Å²) in [7, 11) is 0. The number of hydrogen-bond acceptors (Lipinski definition) is 3. The van der Waals surface area contributed by atoms with Crippen LogP contribution in [0, 0.1) is 0 Å². The summed E-state index contributed by atoms with van der Waals surface area (Å²) in [5.41, 5.74) is 2.24. The quantitative estimate of drug-likeness (QED) is 0.899. The fraction of sp³-hybridized carbons (Fsp3) is 0.562. The summed E-state index contributed by atoms with van der Waals surface area (Å²) in [6, 6.07) is 8.47. The Morgan fingerprint density at radius 2 is 2.10 bits per heavy atom. The van der Waals surface area contributed by atoms with E-state index in [1.54, 1.807) is 0 Å². The van der Waals surface area contributed by atoms with Crippen molar-refractivity contribution in [3.8, 4) is 0 Å². The molecule has 1 aliphatic rings. The number of fused-ring (bicyclic) bond motifs is 1. The smallest absolute Gasteiger partial charge is 0.123 e.